The molecular weight excluding hydrogens is 393 g/mol. The van der Waals surface area contributed by atoms with Crippen LogP contribution in [0.2, 0.25) is 0 Å². The lowest BCUT2D eigenvalue weighted by Gasteiger charge is -2.11. The maximum Gasteiger partial charge on any atom is 0.433 e. The van der Waals surface area contributed by atoms with Crippen LogP contribution in [-0.2, 0) is 12.8 Å². The second-order valence-corrected chi connectivity index (χ2v) is 6.78. The predicted molar refractivity (Wildman–Crippen MR) is 108 cm³/mol. The molecule has 0 aliphatic carbocycles. The van der Waals surface area contributed by atoms with Crippen LogP contribution in [0, 0.1) is 6.92 Å². The number of rotatable bonds is 4. The minimum absolute atomic E-state index is 0.0717. The SMILES string of the molecule is Cc1ccccc1-c1ccc2nc(N)c(COc3cc(C(F)(F)F)ncn3)cc2c1. The average Bonchev–Trinajstić information content (AvgIpc) is 2.72. The van der Waals surface area contributed by atoms with E-state index in [1.165, 1.54) is 0 Å². The number of halogens is 3. The molecule has 5 nitrogen and oxygen atoms in total. The summed E-state index contributed by atoms with van der Waals surface area (Å²) < 4.78 is 43.8. The second kappa shape index (κ2) is 7.62. The van der Waals surface area contributed by atoms with Gasteiger partial charge >= 0.3 is 6.18 Å². The monoisotopic (exact) mass is 410 g/mol. The minimum atomic E-state index is -4.57. The Kier molecular flexibility index (Phi) is 4.99. The normalized spacial score (nSPS) is 11.6. The zero-order chi connectivity index (χ0) is 21.3. The van der Waals surface area contributed by atoms with E-state index < -0.39 is 11.9 Å². The fraction of sp³-hybridized carbons (Fsp3) is 0.136. The number of ether oxygens (including phenoxy) is 1. The maximum atomic E-state index is 12.8. The first-order valence-corrected chi connectivity index (χ1v) is 9.08. The van der Waals surface area contributed by atoms with Crippen molar-refractivity contribution in [2.24, 2.45) is 0 Å². The lowest BCUT2D eigenvalue weighted by molar-refractivity contribution is -0.141. The molecule has 4 aromatic rings. The molecule has 0 saturated carbocycles. The van der Waals surface area contributed by atoms with Crippen LogP contribution >= 0.6 is 0 Å². The van der Waals surface area contributed by atoms with Crippen LogP contribution in [0.4, 0.5) is 19.0 Å². The Morgan fingerprint density at radius 2 is 1.80 bits per heavy atom. The highest BCUT2D eigenvalue weighted by molar-refractivity contribution is 5.87. The van der Waals surface area contributed by atoms with E-state index in [0.29, 0.717) is 5.56 Å². The Morgan fingerprint density at radius 3 is 2.57 bits per heavy atom. The fourth-order valence-electron chi connectivity index (χ4n) is 3.14. The predicted octanol–water partition coefficient (Wildman–Crippen LogP) is 5.18. The summed E-state index contributed by atoms with van der Waals surface area (Å²) in [5.41, 5.74) is 9.50. The molecule has 4 rings (SSSR count). The molecule has 0 radical (unpaired) electrons. The van der Waals surface area contributed by atoms with Crippen molar-refractivity contribution in [1.82, 2.24) is 15.0 Å². The van der Waals surface area contributed by atoms with Crippen molar-refractivity contribution in [2.75, 3.05) is 5.73 Å². The second-order valence-electron chi connectivity index (χ2n) is 6.78. The number of nitrogens with two attached hydrogens (primary N) is 1. The Hall–Kier alpha value is -3.68. The molecule has 2 N–H and O–H groups in total. The lowest BCUT2D eigenvalue weighted by atomic mass is 9.99. The van der Waals surface area contributed by atoms with Gasteiger partial charge in [0.25, 0.3) is 0 Å². The number of anilines is 1. The van der Waals surface area contributed by atoms with E-state index in [1.807, 2.05) is 55.5 Å². The molecule has 0 unspecified atom stereocenters. The van der Waals surface area contributed by atoms with Gasteiger partial charge in [0, 0.05) is 17.0 Å². The summed E-state index contributed by atoms with van der Waals surface area (Å²) in [6.07, 6.45) is -3.76. The molecule has 0 aliphatic rings. The Morgan fingerprint density at radius 1 is 1.00 bits per heavy atom. The van der Waals surface area contributed by atoms with Crippen molar-refractivity contribution in [1.29, 1.82) is 0 Å². The third-order valence-corrected chi connectivity index (χ3v) is 4.69. The van der Waals surface area contributed by atoms with E-state index in [9.17, 15) is 13.2 Å². The van der Waals surface area contributed by atoms with Gasteiger partial charge in [-0.05, 0) is 41.8 Å². The first kappa shape index (κ1) is 19.6. The minimum Gasteiger partial charge on any atom is -0.473 e. The van der Waals surface area contributed by atoms with Crippen LogP contribution in [0.5, 0.6) is 5.88 Å². The summed E-state index contributed by atoms with van der Waals surface area (Å²) >= 11 is 0. The van der Waals surface area contributed by atoms with Gasteiger partial charge in [-0.2, -0.15) is 13.2 Å². The van der Waals surface area contributed by atoms with Crippen LogP contribution in [0.25, 0.3) is 22.0 Å². The number of aryl methyl sites for hydroxylation is 1. The number of hydrogen-bond acceptors (Lipinski definition) is 5. The Bertz CT molecular complexity index is 1220. The largest absolute Gasteiger partial charge is 0.473 e. The van der Waals surface area contributed by atoms with Crippen molar-refractivity contribution in [2.45, 2.75) is 19.7 Å². The Labute approximate surface area is 170 Å². The van der Waals surface area contributed by atoms with Gasteiger partial charge in [0.15, 0.2) is 5.69 Å². The highest BCUT2D eigenvalue weighted by atomic mass is 19.4. The molecule has 30 heavy (non-hydrogen) atoms. The lowest BCUT2D eigenvalue weighted by Crippen LogP contribution is -2.09. The van der Waals surface area contributed by atoms with Crippen molar-refractivity contribution < 1.29 is 17.9 Å². The van der Waals surface area contributed by atoms with Gasteiger partial charge in [0.05, 0.1) is 5.52 Å². The zero-order valence-corrected chi connectivity index (χ0v) is 15.9. The van der Waals surface area contributed by atoms with Crippen LogP contribution in [0.3, 0.4) is 0 Å². The smallest absolute Gasteiger partial charge is 0.433 e. The number of alkyl halides is 3. The highest BCUT2D eigenvalue weighted by Crippen LogP contribution is 2.30. The van der Waals surface area contributed by atoms with Crippen molar-refractivity contribution in [3.05, 3.63) is 77.7 Å². The summed E-state index contributed by atoms with van der Waals surface area (Å²) in [5, 5.41) is 0.849. The van der Waals surface area contributed by atoms with Crippen LogP contribution < -0.4 is 10.5 Å². The number of fused-ring (bicyclic) bond motifs is 1. The number of nitrogens with zero attached hydrogens (tertiary/aromatic N) is 3. The van der Waals surface area contributed by atoms with Gasteiger partial charge in [-0.3, -0.25) is 0 Å². The third kappa shape index (κ3) is 4.03. The number of pyridine rings is 1. The molecule has 8 heteroatoms. The van der Waals surface area contributed by atoms with Crippen molar-refractivity contribution in [3.63, 3.8) is 0 Å². The van der Waals surface area contributed by atoms with E-state index in [0.717, 1.165) is 40.0 Å². The molecular formula is C22H17F3N4O. The summed E-state index contributed by atoms with van der Waals surface area (Å²) in [6.45, 7) is 1.97. The third-order valence-electron chi connectivity index (χ3n) is 4.69. The quantitative estimate of drug-likeness (QED) is 0.502. The first-order valence-electron chi connectivity index (χ1n) is 9.08. The molecule has 0 saturated heterocycles. The topological polar surface area (TPSA) is 73.9 Å². The van der Waals surface area contributed by atoms with Crippen molar-refractivity contribution in [3.8, 4) is 17.0 Å². The standard InChI is InChI=1S/C22H17F3N4O/c1-13-4-2-3-5-17(13)14-6-7-18-15(8-14)9-16(21(26)29-18)11-30-20-10-19(22(23,24)25)27-12-28-20/h2-10,12H,11H2,1H3,(H2,26,29). The fourth-order valence-corrected chi connectivity index (χ4v) is 3.14. The van der Waals surface area contributed by atoms with E-state index in [-0.39, 0.29) is 18.3 Å². The summed E-state index contributed by atoms with van der Waals surface area (Å²) in [5.74, 6) is 0.0572. The first-order chi connectivity index (χ1) is 14.3. The molecule has 0 atom stereocenters. The van der Waals surface area contributed by atoms with Gasteiger partial charge in [-0.1, -0.05) is 30.3 Å². The molecule has 2 aromatic heterocycles. The summed E-state index contributed by atoms with van der Waals surface area (Å²) in [6, 6.07) is 16.5. The van der Waals surface area contributed by atoms with Gasteiger partial charge in [-0.25, -0.2) is 15.0 Å². The molecule has 0 aliphatic heterocycles. The van der Waals surface area contributed by atoms with E-state index in [4.69, 9.17) is 10.5 Å². The van der Waals surface area contributed by atoms with Gasteiger partial charge in [0.1, 0.15) is 18.8 Å². The molecule has 0 spiro atoms. The Balaban J connectivity index is 1.63. The van der Waals surface area contributed by atoms with Crippen LogP contribution in [0.15, 0.2) is 60.9 Å². The van der Waals surface area contributed by atoms with Gasteiger partial charge in [-0.15, -0.1) is 0 Å². The van der Waals surface area contributed by atoms with Gasteiger partial charge in [0.2, 0.25) is 5.88 Å². The van der Waals surface area contributed by atoms with Crippen molar-refractivity contribution >= 4 is 16.7 Å². The molecule has 2 aromatic carbocycles. The average molecular weight is 410 g/mol. The van der Waals surface area contributed by atoms with Gasteiger partial charge < -0.3 is 10.5 Å². The number of nitrogen functional groups attached to an aromatic ring is 1. The van der Waals surface area contributed by atoms with E-state index in [2.05, 4.69) is 15.0 Å². The molecule has 152 valence electrons. The number of benzene rings is 2. The van der Waals surface area contributed by atoms with Crippen LogP contribution in [-0.4, -0.2) is 15.0 Å². The molecule has 0 fully saturated rings. The highest BCUT2D eigenvalue weighted by Gasteiger charge is 2.33. The molecule has 2 heterocycles. The summed E-state index contributed by atoms with van der Waals surface area (Å²) in [4.78, 5) is 11.3. The molecule has 0 amide bonds. The summed E-state index contributed by atoms with van der Waals surface area (Å²) in [7, 11) is 0. The maximum absolute atomic E-state index is 12.8. The van der Waals surface area contributed by atoms with E-state index in [1.54, 1.807) is 0 Å². The van der Waals surface area contributed by atoms with E-state index >= 15 is 0 Å². The number of aromatic nitrogens is 3. The molecule has 0 bridgehead atoms. The number of hydrogen-bond donors (Lipinski definition) is 1. The van der Waals surface area contributed by atoms with Crippen LogP contribution in [0.1, 0.15) is 16.8 Å². The zero-order valence-electron chi connectivity index (χ0n) is 15.9.